The zero-order valence-corrected chi connectivity index (χ0v) is 28.4. The molecule has 0 bridgehead atoms. The van der Waals surface area contributed by atoms with E-state index in [0.717, 1.165) is 32.1 Å². The first-order valence-electron chi connectivity index (χ1n) is 18.3. The lowest BCUT2D eigenvalue weighted by Gasteiger charge is -2.26. The number of fused-ring (bicyclic) bond motifs is 3. The van der Waals surface area contributed by atoms with E-state index in [1.807, 2.05) is 0 Å². The summed E-state index contributed by atoms with van der Waals surface area (Å²) in [4.78, 5) is 0. The topological polar surface area (TPSA) is 17.0 Å². The Morgan fingerprint density at radius 1 is 0.680 bits per heavy atom. The Balaban J connectivity index is 1.12. The van der Waals surface area contributed by atoms with Crippen LogP contribution in [0.5, 0.6) is 0 Å². The van der Waals surface area contributed by atoms with Crippen LogP contribution in [-0.2, 0) is 0 Å². The maximum atomic E-state index is 4.02. The van der Waals surface area contributed by atoms with E-state index >= 15 is 0 Å². The SMILES string of the molecule is C1=CC(c2ccccc2)CC(n2c3ccccc3c3ccc(-c4ccc(-c5ccccc5)c(NC5C=C(C6=CCCC=C6)CCC5)c4)cc32)=C1. The number of nitrogens with zero attached hydrogens (tertiary/aromatic N) is 1. The van der Waals surface area contributed by atoms with Crippen molar-refractivity contribution in [3.8, 4) is 22.3 Å². The van der Waals surface area contributed by atoms with Crippen LogP contribution < -0.4 is 5.32 Å². The third kappa shape index (κ3) is 5.86. The van der Waals surface area contributed by atoms with E-state index in [1.165, 1.54) is 78.6 Å². The smallest absolute Gasteiger partial charge is 0.0544 e. The average molecular weight is 647 g/mol. The molecule has 2 nitrogen and oxygen atoms in total. The standard InChI is InChI=1S/C48H42N2/c1-4-14-34(15-5-1)37-20-12-22-41(30-37)49-46-32-39(26-28-43(46)36-18-8-3-9-19-36)40-27-29-45-44-24-10-11-25-47(44)50(48(45)33-40)42-23-13-21-38(31-42)35-16-6-2-7-17-35/h2-4,6-11,13-19,21,23-30,32-33,38,41,49H,1,5,12,20,22,31H2. The summed E-state index contributed by atoms with van der Waals surface area (Å²) in [5.41, 5.74) is 14.2. The third-order valence-electron chi connectivity index (χ3n) is 10.8. The minimum Gasteiger partial charge on any atom is -0.378 e. The highest BCUT2D eigenvalue weighted by Crippen LogP contribution is 2.40. The van der Waals surface area contributed by atoms with Crippen LogP contribution in [0.2, 0.25) is 0 Å². The number of para-hydroxylation sites is 1. The Morgan fingerprint density at radius 2 is 1.46 bits per heavy atom. The van der Waals surface area contributed by atoms with Gasteiger partial charge in [0.05, 0.1) is 11.0 Å². The van der Waals surface area contributed by atoms with Gasteiger partial charge in [-0.2, -0.15) is 0 Å². The molecule has 3 aliphatic rings. The molecular weight excluding hydrogens is 605 g/mol. The summed E-state index contributed by atoms with van der Waals surface area (Å²) in [6.07, 6.45) is 23.2. The van der Waals surface area contributed by atoms with E-state index in [1.54, 1.807) is 0 Å². The van der Waals surface area contributed by atoms with Crippen molar-refractivity contribution in [2.75, 3.05) is 5.32 Å². The number of allylic oxidation sites excluding steroid dienone is 9. The van der Waals surface area contributed by atoms with Crippen molar-refractivity contribution in [2.24, 2.45) is 0 Å². The molecule has 2 heteroatoms. The van der Waals surface area contributed by atoms with Gasteiger partial charge in [-0.15, -0.1) is 0 Å². The van der Waals surface area contributed by atoms with Gasteiger partial charge in [-0.1, -0.05) is 140 Å². The lowest BCUT2D eigenvalue weighted by molar-refractivity contribution is 0.656. The summed E-state index contributed by atoms with van der Waals surface area (Å²) in [6.45, 7) is 0. The molecule has 50 heavy (non-hydrogen) atoms. The molecule has 0 aliphatic heterocycles. The van der Waals surface area contributed by atoms with Crippen LogP contribution in [0, 0.1) is 0 Å². The zero-order chi connectivity index (χ0) is 33.3. The van der Waals surface area contributed by atoms with Gasteiger partial charge in [0.2, 0.25) is 0 Å². The van der Waals surface area contributed by atoms with Gasteiger partial charge in [-0.25, -0.2) is 0 Å². The van der Waals surface area contributed by atoms with Crippen LogP contribution in [0.3, 0.4) is 0 Å². The number of anilines is 1. The highest BCUT2D eigenvalue weighted by Gasteiger charge is 2.21. The molecule has 5 aromatic carbocycles. The molecule has 1 N–H and O–H groups in total. The van der Waals surface area contributed by atoms with E-state index in [9.17, 15) is 0 Å². The normalized spacial score (nSPS) is 18.9. The molecule has 2 unspecified atom stereocenters. The van der Waals surface area contributed by atoms with Gasteiger partial charge < -0.3 is 9.88 Å². The Morgan fingerprint density at radius 3 is 2.32 bits per heavy atom. The second kappa shape index (κ2) is 13.4. The van der Waals surface area contributed by atoms with E-state index in [2.05, 4.69) is 174 Å². The summed E-state index contributed by atoms with van der Waals surface area (Å²) < 4.78 is 2.51. The fourth-order valence-electron chi connectivity index (χ4n) is 8.26. The fourth-order valence-corrected chi connectivity index (χ4v) is 8.26. The Hall–Kier alpha value is -5.60. The summed E-state index contributed by atoms with van der Waals surface area (Å²) in [5.74, 6) is 0.356. The molecule has 2 atom stereocenters. The first-order valence-corrected chi connectivity index (χ1v) is 18.3. The second-order valence-corrected chi connectivity index (χ2v) is 13.9. The van der Waals surface area contributed by atoms with Crippen LogP contribution in [0.1, 0.15) is 50.0 Å². The molecule has 3 aliphatic carbocycles. The Bertz CT molecular complexity index is 2350. The van der Waals surface area contributed by atoms with Crippen LogP contribution in [0.15, 0.2) is 175 Å². The van der Waals surface area contributed by atoms with Crippen molar-refractivity contribution < 1.29 is 0 Å². The van der Waals surface area contributed by atoms with Gasteiger partial charge in [0.25, 0.3) is 0 Å². The highest BCUT2D eigenvalue weighted by molar-refractivity contribution is 6.11. The lowest BCUT2D eigenvalue weighted by atomic mass is 9.88. The van der Waals surface area contributed by atoms with Gasteiger partial charge in [0, 0.05) is 39.7 Å². The molecule has 6 aromatic rings. The van der Waals surface area contributed by atoms with Crippen molar-refractivity contribution in [1.29, 1.82) is 0 Å². The van der Waals surface area contributed by atoms with E-state index in [4.69, 9.17) is 0 Å². The molecule has 0 spiro atoms. The van der Waals surface area contributed by atoms with Gasteiger partial charge in [0.15, 0.2) is 0 Å². The zero-order valence-electron chi connectivity index (χ0n) is 28.4. The molecule has 0 radical (unpaired) electrons. The second-order valence-electron chi connectivity index (χ2n) is 13.9. The number of nitrogens with one attached hydrogen (secondary N) is 1. The molecule has 9 rings (SSSR count). The maximum absolute atomic E-state index is 4.02. The Kier molecular flexibility index (Phi) is 8.14. The number of hydrogen-bond acceptors (Lipinski definition) is 1. The minimum absolute atomic E-state index is 0.293. The number of benzene rings is 5. The van der Waals surface area contributed by atoms with E-state index in [-0.39, 0.29) is 0 Å². The summed E-state index contributed by atoms with van der Waals surface area (Å²) in [6, 6.07) is 44.9. The van der Waals surface area contributed by atoms with E-state index < -0.39 is 0 Å². The van der Waals surface area contributed by atoms with Crippen LogP contribution in [0.4, 0.5) is 5.69 Å². The number of hydrogen-bond donors (Lipinski definition) is 1. The molecule has 0 saturated heterocycles. The van der Waals surface area contributed by atoms with Crippen LogP contribution in [-0.4, -0.2) is 10.6 Å². The predicted molar refractivity (Wildman–Crippen MR) is 213 cm³/mol. The molecular formula is C48H42N2. The van der Waals surface area contributed by atoms with Gasteiger partial charge in [-0.3, -0.25) is 0 Å². The number of rotatable bonds is 7. The third-order valence-corrected chi connectivity index (χ3v) is 10.8. The summed E-state index contributed by atoms with van der Waals surface area (Å²) in [7, 11) is 0. The molecule has 0 amide bonds. The van der Waals surface area contributed by atoms with Gasteiger partial charge >= 0.3 is 0 Å². The predicted octanol–water partition coefficient (Wildman–Crippen LogP) is 12.9. The van der Waals surface area contributed by atoms with Gasteiger partial charge in [-0.05, 0) is 96.2 Å². The first kappa shape index (κ1) is 30.5. The summed E-state index contributed by atoms with van der Waals surface area (Å²) >= 11 is 0. The van der Waals surface area contributed by atoms with Crippen molar-refractivity contribution in [2.45, 2.75) is 50.5 Å². The highest BCUT2D eigenvalue weighted by atomic mass is 15.0. The Labute approximate surface area is 295 Å². The molecule has 1 aromatic heterocycles. The minimum atomic E-state index is 0.293. The molecule has 0 fully saturated rings. The number of aromatic nitrogens is 1. The van der Waals surface area contributed by atoms with Gasteiger partial charge in [0.1, 0.15) is 0 Å². The first-order chi connectivity index (χ1) is 24.8. The van der Waals surface area contributed by atoms with E-state index in [0.29, 0.717) is 12.0 Å². The monoisotopic (exact) mass is 646 g/mol. The lowest BCUT2D eigenvalue weighted by Crippen LogP contribution is -2.21. The largest absolute Gasteiger partial charge is 0.378 e. The van der Waals surface area contributed by atoms with Crippen LogP contribution >= 0.6 is 0 Å². The maximum Gasteiger partial charge on any atom is 0.0544 e. The van der Waals surface area contributed by atoms with Crippen LogP contribution in [0.25, 0.3) is 49.8 Å². The van der Waals surface area contributed by atoms with Crippen molar-refractivity contribution in [3.05, 3.63) is 181 Å². The van der Waals surface area contributed by atoms with Crippen molar-refractivity contribution in [3.63, 3.8) is 0 Å². The van der Waals surface area contributed by atoms with Crippen molar-refractivity contribution in [1.82, 2.24) is 4.57 Å². The quantitative estimate of drug-likeness (QED) is 0.183. The summed E-state index contributed by atoms with van der Waals surface area (Å²) in [5, 5.41) is 6.61. The fraction of sp³-hybridized carbons (Fsp3) is 0.167. The molecule has 0 saturated carbocycles. The molecule has 244 valence electrons. The van der Waals surface area contributed by atoms with Crippen molar-refractivity contribution >= 4 is 33.2 Å². The average Bonchev–Trinajstić information content (AvgIpc) is 3.53. The molecule has 1 heterocycles.